The number of benzene rings is 2. The number of fused-ring (bicyclic) bond motifs is 2. The summed E-state index contributed by atoms with van der Waals surface area (Å²) in [5, 5.41) is 3.03. The van der Waals surface area contributed by atoms with Gasteiger partial charge in [0.1, 0.15) is 12.8 Å². The van der Waals surface area contributed by atoms with Crippen molar-refractivity contribution in [1.29, 1.82) is 0 Å². The lowest BCUT2D eigenvalue weighted by Gasteiger charge is -2.13. The molecule has 26 heavy (non-hydrogen) atoms. The number of anilines is 1. The summed E-state index contributed by atoms with van der Waals surface area (Å²) in [5.41, 5.74) is 3.46. The average Bonchev–Trinajstić information content (AvgIpc) is 2.93. The van der Waals surface area contributed by atoms with Crippen LogP contribution in [-0.4, -0.2) is 13.7 Å². The SMILES string of the molecule is CCOc1ccc2c(c1)S/C(=C\c1ccc3c(Cl)cccc3[n+]1C)N2C. The van der Waals surface area contributed by atoms with Crippen LogP contribution in [0, 0.1) is 0 Å². The molecule has 0 spiro atoms. The lowest BCUT2D eigenvalue weighted by Crippen LogP contribution is -2.33. The smallest absolute Gasteiger partial charge is 0.214 e. The summed E-state index contributed by atoms with van der Waals surface area (Å²) in [6.45, 7) is 2.68. The Balaban J connectivity index is 1.73. The van der Waals surface area contributed by atoms with Crippen LogP contribution < -0.4 is 14.2 Å². The van der Waals surface area contributed by atoms with Crippen LogP contribution in [0.3, 0.4) is 0 Å². The first-order chi connectivity index (χ1) is 12.6. The van der Waals surface area contributed by atoms with Crippen molar-refractivity contribution in [3.05, 3.63) is 64.3 Å². The standard InChI is InChI=1S/C21H20ClN2OS/c1-4-25-15-9-11-19-20(13-15)26-21(24(19)3)12-14-8-10-16-17(22)6-5-7-18(16)23(14)2/h5-13H,4H2,1-3H3/q+1. The highest BCUT2D eigenvalue weighted by Crippen LogP contribution is 2.47. The largest absolute Gasteiger partial charge is 0.494 e. The molecular formula is C21H20ClN2OS+. The molecule has 0 saturated carbocycles. The van der Waals surface area contributed by atoms with Crippen molar-refractivity contribution >= 4 is 46.0 Å². The van der Waals surface area contributed by atoms with Crippen LogP contribution in [0.15, 0.2) is 58.5 Å². The van der Waals surface area contributed by atoms with E-state index in [4.69, 9.17) is 16.3 Å². The highest BCUT2D eigenvalue weighted by atomic mass is 35.5. The van der Waals surface area contributed by atoms with E-state index in [2.05, 4.69) is 60.0 Å². The number of thioether (sulfide) groups is 1. The lowest BCUT2D eigenvalue weighted by molar-refractivity contribution is -0.646. The fourth-order valence-corrected chi connectivity index (χ4v) is 4.57. The summed E-state index contributed by atoms with van der Waals surface area (Å²) >= 11 is 8.09. The minimum absolute atomic E-state index is 0.678. The van der Waals surface area contributed by atoms with Crippen LogP contribution in [0.4, 0.5) is 5.69 Å². The molecule has 0 fully saturated rings. The zero-order valence-electron chi connectivity index (χ0n) is 15.0. The average molecular weight is 384 g/mol. The van der Waals surface area contributed by atoms with Crippen molar-refractivity contribution in [2.45, 2.75) is 11.8 Å². The molecular weight excluding hydrogens is 364 g/mol. The molecule has 0 atom stereocenters. The van der Waals surface area contributed by atoms with Gasteiger partial charge in [0.2, 0.25) is 11.2 Å². The van der Waals surface area contributed by atoms with Gasteiger partial charge in [-0.3, -0.25) is 0 Å². The van der Waals surface area contributed by atoms with E-state index < -0.39 is 0 Å². The number of ether oxygens (including phenoxy) is 1. The molecule has 0 N–H and O–H groups in total. The highest BCUT2D eigenvalue weighted by Gasteiger charge is 2.24. The number of pyridine rings is 1. The van der Waals surface area contributed by atoms with Gasteiger partial charge in [-0.05, 0) is 37.3 Å². The third kappa shape index (κ3) is 2.93. The van der Waals surface area contributed by atoms with Crippen LogP contribution in [0.25, 0.3) is 17.0 Å². The normalized spacial score (nSPS) is 14.9. The maximum atomic E-state index is 6.32. The van der Waals surface area contributed by atoms with E-state index in [0.717, 1.165) is 27.4 Å². The number of rotatable bonds is 3. The molecule has 2 heterocycles. The second-order valence-electron chi connectivity index (χ2n) is 6.20. The van der Waals surface area contributed by atoms with Crippen LogP contribution in [0.5, 0.6) is 5.75 Å². The van der Waals surface area contributed by atoms with Crippen LogP contribution >= 0.6 is 23.4 Å². The van der Waals surface area contributed by atoms with E-state index in [1.165, 1.54) is 15.6 Å². The molecule has 0 amide bonds. The molecule has 1 aliphatic heterocycles. The number of aryl methyl sites for hydroxylation is 1. The fourth-order valence-electron chi connectivity index (χ4n) is 3.21. The number of nitrogens with zero attached hydrogens (tertiary/aromatic N) is 2. The van der Waals surface area contributed by atoms with E-state index in [0.29, 0.717) is 6.61 Å². The molecule has 4 rings (SSSR count). The Labute approximate surface area is 162 Å². The van der Waals surface area contributed by atoms with Gasteiger partial charge in [0.15, 0.2) is 0 Å². The lowest BCUT2D eigenvalue weighted by atomic mass is 10.2. The van der Waals surface area contributed by atoms with Gasteiger partial charge in [0, 0.05) is 30.2 Å². The topological polar surface area (TPSA) is 16.4 Å². The van der Waals surface area contributed by atoms with Crippen molar-refractivity contribution in [3.63, 3.8) is 0 Å². The van der Waals surface area contributed by atoms with Gasteiger partial charge >= 0.3 is 0 Å². The van der Waals surface area contributed by atoms with Gasteiger partial charge in [0.25, 0.3) is 0 Å². The first kappa shape index (κ1) is 17.3. The molecule has 0 unspecified atom stereocenters. The molecule has 0 saturated heterocycles. The first-order valence-corrected chi connectivity index (χ1v) is 9.75. The monoisotopic (exact) mass is 383 g/mol. The minimum Gasteiger partial charge on any atom is -0.494 e. The van der Waals surface area contributed by atoms with Crippen LogP contribution in [0.2, 0.25) is 5.02 Å². The zero-order chi connectivity index (χ0) is 18.3. The summed E-state index contributed by atoms with van der Waals surface area (Å²) in [4.78, 5) is 3.44. The molecule has 3 aromatic rings. The van der Waals surface area contributed by atoms with Crippen molar-refractivity contribution in [1.82, 2.24) is 0 Å². The second kappa shape index (κ2) is 6.86. The molecule has 0 aliphatic carbocycles. The van der Waals surface area contributed by atoms with Crippen LogP contribution in [0.1, 0.15) is 12.6 Å². The van der Waals surface area contributed by atoms with Crippen molar-refractivity contribution in [2.75, 3.05) is 18.6 Å². The van der Waals surface area contributed by atoms with Gasteiger partial charge < -0.3 is 9.64 Å². The molecule has 0 bridgehead atoms. The second-order valence-corrected chi connectivity index (χ2v) is 7.67. The maximum Gasteiger partial charge on any atom is 0.214 e. The Morgan fingerprint density at radius 2 is 2.04 bits per heavy atom. The summed E-state index contributed by atoms with van der Waals surface area (Å²) in [6, 6.07) is 16.5. The first-order valence-electron chi connectivity index (χ1n) is 8.56. The van der Waals surface area contributed by atoms with Crippen molar-refractivity contribution in [2.24, 2.45) is 7.05 Å². The third-order valence-corrected chi connectivity index (χ3v) is 6.10. The minimum atomic E-state index is 0.678. The Bertz CT molecular complexity index is 1030. The van der Waals surface area contributed by atoms with E-state index in [-0.39, 0.29) is 0 Å². The Morgan fingerprint density at radius 1 is 1.19 bits per heavy atom. The van der Waals surface area contributed by atoms with Gasteiger partial charge in [-0.2, -0.15) is 4.57 Å². The van der Waals surface area contributed by atoms with Gasteiger partial charge in [-0.1, -0.05) is 29.4 Å². The Kier molecular flexibility index (Phi) is 4.55. The van der Waals surface area contributed by atoms with Gasteiger partial charge in [0.05, 0.1) is 27.7 Å². The molecule has 1 aromatic heterocycles. The molecule has 132 valence electrons. The van der Waals surface area contributed by atoms with E-state index >= 15 is 0 Å². The predicted octanol–water partition coefficient (Wildman–Crippen LogP) is 5.26. The summed E-state index contributed by atoms with van der Waals surface area (Å²) in [7, 11) is 4.17. The quantitative estimate of drug-likeness (QED) is 0.574. The summed E-state index contributed by atoms with van der Waals surface area (Å²) < 4.78 is 7.81. The Morgan fingerprint density at radius 3 is 2.85 bits per heavy atom. The predicted molar refractivity (Wildman–Crippen MR) is 110 cm³/mol. The summed E-state index contributed by atoms with van der Waals surface area (Å²) in [6.07, 6.45) is 2.21. The molecule has 3 nitrogen and oxygen atoms in total. The third-order valence-electron chi connectivity index (χ3n) is 4.62. The fraction of sp³-hybridized carbons (Fsp3) is 0.190. The zero-order valence-corrected chi connectivity index (χ0v) is 16.6. The van der Waals surface area contributed by atoms with E-state index in [1.54, 1.807) is 11.8 Å². The Hall–Kier alpha value is -2.17. The van der Waals surface area contributed by atoms with E-state index in [1.807, 2.05) is 25.1 Å². The summed E-state index contributed by atoms with van der Waals surface area (Å²) in [5.74, 6) is 0.916. The molecule has 2 aromatic carbocycles. The molecule has 1 aliphatic rings. The number of aromatic nitrogens is 1. The van der Waals surface area contributed by atoms with Gasteiger partial charge in [-0.15, -0.1) is 0 Å². The number of hydrogen-bond acceptors (Lipinski definition) is 3. The maximum absolute atomic E-state index is 6.32. The van der Waals surface area contributed by atoms with Crippen molar-refractivity contribution in [3.8, 4) is 5.75 Å². The van der Waals surface area contributed by atoms with Gasteiger partial charge in [-0.25, -0.2) is 0 Å². The van der Waals surface area contributed by atoms with Crippen molar-refractivity contribution < 1.29 is 9.30 Å². The van der Waals surface area contributed by atoms with Crippen LogP contribution in [-0.2, 0) is 7.05 Å². The number of hydrogen-bond donors (Lipinski definition) is 0. The van der Waals surface area contributed by atoms with E-state index in [9.17, 15) is 0 Å². The highest BCUT2D eigenvalue weighted by molar-refractivity contribution is 8.03. The number of halogens is 1. The molecule has 5 heteroatoms. The molecule has 0 radical (unpaired) electrons.